The Labute approximate surface area is 160 Å². The molecule has 3 aromatic rings. The van der Waals surface area contributed by atoms with Gasteiger partial charge >= 0.3 is 0 Å². The number of nitrogen functional groups attached to an aromatic ring is 2. The van der Waals surface area contributed by atoms with E-state index in [-0.39, 0.29) is 5.92 Å². The zero-order valence-electron chi connectivity index (χ0n) is 15.7. The van der Waals surface area contributed by atoms with Gasteiger partial charge in [-0.15, -0.1) is 0 Å². The van der Waals surface area contributed by atoms with E-state index in [1.54, 1.807) is 0 Å². The number of rotatable bonds is 3. The summed E-state index contributed by atoms with van der Waals surface area (Å²) in [4.78, 5) is 0. The molecule has 0 aliphatic carbocycles. The fourth-order valence-electron chi connectivity index (χ4n) is 3.61. The maximum atomic E-state index is 6.30. The molecule has 3 rings (SSSR count). The summed E-state index contributed by atoms with van der Waals surface area (Å²) in [5, 5.41) is 0.736. The fourth-order valence-corrected chi connectivity index (χ4v) is 3.81. The maximum Gasteiger partial charge on any atom is 0.0409 e. The Balaban J connectivity index is 2.27. The molecule has 0 aromatic heterocycles. The van der Waals surface area contributed by atoms with Crippen LogP contribution in [0.3, 0.4) is 0 Å². The Hall–Kier alpha value is -2.45. The maximum absolute atomic E-state index is 6.30. The lowest BCUT2D eigenvalue weighted by Gasteiger charge is -2.23. The van der Waals surface area contributed by atoms with Gasteiger partial charge in [0.2, 0.25) is 0 Å². The predicted octanol–water partition coefficient (Wildman–Crippen LogP) is 5.92. The molecule has 0 fully saturated rings. The van der Waals surface area contributed by atoms with Crippen molar-refractivity contribution in [3.05, 3.63) is 92.5 Å². The Morgan fingerprint density at radius 1 is 0.654 bits per heavy atom. The van der Waals surface area contributed by atoms with Crippen LogP contribution in [0.25, 0.3) is 0 Å². The van der Waals surface area contributed by atoms with E-state index in [9.17, 15) is 0 Å². The highest BCUT2D eigenvalue weighted by molar-refractivity contribution is 6.30. The molecule has 0 radical (unpaired) electrons. The molecule has 0 heterocycles. The minimum absolute atomic E-state index is 0.0738. The molecule has 0 aliphatic rings. The minimum Gasteiger partial charge on any atom is -0.398 e. The van der Waals surface area contributed by atoms with E-state index >= 15 is 0 Å². The smallest absolute Gasteiger partial charge is 0.0409 e. The molecule has 3 heteroatoms. The number of aryl methyl sites for hydroxylation is 4. The van der Waals surface area contributed by atoms with Crippen LogP contribution in [0.2, 0.25) is 5.02 Å². The van der Waals surface area contributed by atoms with Gasteiger partial charge in [0.25, 0.3) is 0 Å². The van der Waals surface area contributed by atoms with Crippen molar-refractivity contribution in [2.75, 3.05) is 11.5 Å². The van der Waals surface area contributed by atoms with Crippen LogP contribution in [0.5, 0.6) is 0 Å². The Bertz CT molecular complexity index is 872. The van der Waals surface area contributed by atoms with Gasteiger partial charge in [0.05, 0.1) is 0 Å². The summed E-state index contributed by atoms with van der Waals surface area (Å²) in [6.45, 7) is 8.22. The highest BCUT2D eigenvalue weighted by Gasteiger charge is 2.20. The summed E-state index contributed by atoms with van der Waals surface area (Å²) < 4.78 is 0. The number of halogens is 1. The van der Waals surface area contributed by atoms with Gasteiger partial charge in [-0.2, -0.15) is 0 Å². The second-order valence-corrected chi connectivity index (χ2v) is 7.56. The normalized spacial score (nSPS) is 11.2. The van der Waals surface area contributed by atoms with Crippen LogP contribution in [0, 0.1) is 27.7 Å². The molecule has 26 heavy (non-hydrogen) atoms. The van der Waals surface area contributed by atoms with Gasteiger partial charge in [-0.05, 0) is 78.8 Å². The van der Waals surface area contributed by atoms with E-state index in [1.165, 1.54) is 11.1 Å². The van der Waals surface area contributed by atoms with Gasteiger partial charge in [0.1, 0.15) is 0 Å². The van der Waals surface area contributed by atoms with Crippen molar-refractivity contribution in [3.63, 3.8) is 0 Å². The Morgan fingerprint density at radius 3 is 1.46 bits per heavy atom. The molecule has 0 spiro atoms. The summed E-state index contributed by atoms with van der Waals surface area (Å²) in [7, 11) is 0. The van der Waals surface area contributed by atoms with Crippen molar-refractivity contribution in [2.45, 2.75) is 33.6 Å². The molecule has 4 N–H and O–H groups in total. The standard InChI is InChI=1S/C23H25ClN2/c1-13-8-18(9-14(2)22(13)25)21(17-6-5-7-20(24)12-17)19-10-15(3)23(26)16(4)11-19/h5-12,21H,25-26H2,1-4H3. The van der Waals surface area contributed by atoms with E-state index < -0.39 is 0 Å². The van der Waals surface area contributed by atoms with Crippen molar-refractivity contribution >= 4 is 23.0 Å². The van der Waals surface area contributed by atoms with Crippen LogP contribution in [0.1, 0.15) is 44.9 Å². The number of nitrogens with two attached hydrogens (primary N) is 2. The highest BCUT2D eigenvalue weighted by Crippen LogP contribution is 2.37. The minimum atomic E-state index is 0.0738. The average molecular weight is 365 g/mol. The van der Waals surface area contributed by atoms with Crippen LogP contribution >= 0.6 is 11.6 Å². The highest BCUT2D eigenvalue weighted by atomic mass is 35.5. The lowest BCUT2D eigenvalue weighted by atomic mass is 9.82. The Morgan fingerprint density at radius 2 is 1.08 bits per heavy atom. The van der Waals surface area contributed by atoms with Gasteiger partial charge in [0, 0.05) is 22.3 Å². The molecule has 134 valence electrons. The number of hydrogen-bond acceptors (Lipinski definition) is 2. The van der Waals surface area contributed by atoms with Crippen LogP contribution in [0.4, 0.5) is 11.4 Å². The van der Waals surface area contributed by atoms with Crippen molar-refractivity contribution < 1.29 is 0 Å². The van der Waals surface area contributed by atoms with Crippen molar-refractivity contribution in [1.29, 1.82) is 0 Å². The third-order valence-corrected chi connectivity index (χ3v) is 5.32. The number of hydrogen-bond donors (Lipinski definition) is 2. The molecule has 0 unspecified atom stereocenters. The summed E-state index contributed by atoms with van der Waals surface area (Å²) in [5.74, 6) is 0.0738. The van der Waals surface area contributed by atoms with Gasteiger partial charge in [0.15, 0.2) is 0 Å². The summed E-state index contributed by atoms with van der Waals surface area (Å²) in [6, 6.07) is 16.8. The van der Waals surface area contributed by atoms with Crippen molar-refractivity contribution in [2.24, 2.45) is 0 Å². The number of anilines is 2. The quantitative estimate of drug-likeness (QED) is 0.447. The predicted molar refractivity (Wildman–Crippen MR) is 113 cm³/mol. The summed E-state index contributed by atoms with van der Waals surface area (Å²) in [5.41, 5.74) is 22.0. The van der Waals surface area contributed by atoms with Crippen LogP contribution in [-0.4, -0.2) is 0 Å². The van der Waals surface area contributed by atoms with E-state index in [0.717, 1.165) is 44.2 Å². The zero-order valence-corrected chi connectivity index (χ0v) is 16.5. The van der Waals surface area contributed by atoms with E-state index in [1.807, 2.05) is 18.2 Å². The monoisotopic (exact) mass is 364 g/mol. The second-order valence-electron chi connectivity index (χ2n) is 7.12. The average Bonchev–Trinajstić information content (AvgIpc) is 2.57. The first kappa shape index (κ1) is 18.3. The molecule has 3 aromatic carbocycles. The topological polar surface area (TPSA) is 52.0 Å². The first-order chi connectivity index (χ1) is 12.3. The molecular weight excluding hydrogens is 340 g/mol. The van der Waals surface area contributed by atoms with Crippen LogP contribution in [0.15, 0.2) is 48.5 Å². The largest absolute Gasteiger partial charge is 0.398 e. The molecule has 0 aliphatic heterocycles. The molecule has 0 bridgehead atoms. The number of benzene rings is 3. The van der Waals surface area contributed by atoms with Gasteiger partial charge in [-0.3, -0.25) is 0 Å². The molecule has 0 saturated carbocycles. The lowest BCUT2D eigenvalue weighted by molar-refractivity contribution is 0.966. The van der Waals surface area contributed by atoms with Crippen LogP contribution in [-0.2, 0) is 0 Å². The third-order valence-electron chi connectivity index (χ3n) is 5.08. The second kappa shape index (κ2) is 7.05. The summed E-state index contributed by atoms with van der Waals surface area (Å²) >= 11 is 6.30. The van der Waals surface area contributed by atoms with E-state index in [2.05, 4.69) is 58.0 Å². The van der Waals surface area contributed by atoms with E-state index in [0.29, 0.717) is 0 Å². The van der Waals surface area contributed by atoms with Crippen molar-refractivity contribution in [1.82, 2.24) is 0 Å². The SMILES string of the molecule is Cc1cc(C(c2cccc(Cl)c2)c2cc(C)c(N)c(C)c2)cc(C)c1N. The Kier molecular flexibility index (Phi) is 4.97. The van der Waals surface area contributed by atoms with Gasteiger partial charge < -0.3 is 11.5 Å². The summed E-state index contributed by atoms with van der Waals surface area (Å²) in [6.07, 6.45) is 0. The zero-order chi connectivity index (χ0) is 19.0. The molecule has 0 saturated heterocycles. The first-order valence-corrected chi connectivity index (χ1v) is 9.14. The van der Waals surface area contributed by atoms with Gasteiger partial charge in [-0.1, -0.05) is 48.0 Å². The van der Waals surface area contributed by atoms with Gasteiger partial charge in [-0.25, -0.2) is 0 Å². The molecule has 0 amide bonds. The third kappa shape index (κ3) is 3.42. The molecular formula is C23H25ClN2. The lowest BCUT2D eigenvalue weighted by Crippen LogP contribution is -2.07. The first-order valence-electron chi connectivity index (χ1n) is 8.76. The molecule has 0 atom stereocenters. The van der Waals surface area contributed by atoms with Crippen molar-refractivity contribution in [3.8, 4) is 0 Å². The van der Waals surface area contributed by atoms with Crippen LogP contribution < -0.4 is 11.5 Å². The fraction of sp³-hybridized carbons (Fsp3) is 0.217. The molecule has 2 nitrogen and oxygen atoms in total. The van der Waals surface area contributed by atoms with E-state index in [4.69, 9.17) is 23.1 Å².